The third kappa shape index (κ3) is 4.52. The Morgan fingerprint density at radius 3 is 2.71 bits per heavy atom. The number of halogens is 1. The second-order valence-corrected chi connectivity index (χ2v) is 5.93. The van der Waals surface area contributed by atoms with E-state index in [4.69, 9.17) is 21.1 Å². The molecule has 6 nitrogen and oxygen atoms in total. The van der Waals surface area contributed by atoms with Gasteiger partial charge in [-0.25, -0.2) is 9.97 Å². The number of amides is 1. The maximum absolute atomic E-state index is 12.2. The van der Waals surface area contributed by atoms with Crippen LogP contribution >= 0.6 is 23.4 Å². The third-order valence-electron chi connectivity index (χ3n) is 3.27. The summed E-state index contributed by atoms with van der Waals surface area (Å²) >= 11 is 7.34. The molecule has 2 rings (SSSR count). The van der Waals surface area contributed by atoms with Crippen molar-refractivity contribution in [3.05, 3.63) is 40.7 Å². The molecule has 1 amide bonds. The second-order valence-electron chi connectivity index (χ2n) is 4.75. The molecule has 0 saturated carbocycles. The van der Waals surface area contributed by atoms with Crippen LogP contribution in [0.1, 0.15) is 16.1 Å². The van der Waals surface area contributed by atoms with E-state index in [1.54, 1.807) is 14.2 Å². The number of carbonyl (C=O) groups is 1. The van der Waals surface area contributed by atoms with E-state index < -0.39 is 0 Å². The Morgan fingerprint density at radius 2 is 2.04 bits per heavy atom. The number of nitrogens with one attached hydrogen (secondary N) is 1. The first-order valence-electron chi connectivity index (χ1n) is 7.14. The van der Waals surface area contributed by atoms with Crippen molar-refractivity contribution in [3.8, 4) is 11.5 Å². The van der Waals surface area contributed by atoms with E-state index in [1.807, 2.05) is 24.5 Å². The van der Waals surface area contributed by atoms with Gasteiger partial charge in [-0.3, -0.25) is 4.79 Å². The summed E-state index contributed by atoms with van der Waals surface area (Å²) in [7, 11) is 3.18. The minimum Gasteiger partial charge on any atom is -0.493 e. The third-order valence-corrected chi connectivity index (χ3v) is 4.11. The number of nitrogens with zero attached hydrogens (tertiary/aromatic N) is 2. The number of carbonyl (C=O) groups excluding carboxylic acids is 1. The predicted molar refractivity (Wildman–Crippen MR) is 94.4 cm³/mol. The quantitative estimate of drug-likeness (QED) is 0.599. The highest BCUT2D eigenvalue weighted by atomic mass is 35.5. The zero-order chi connectivity index (χ0) is 17.5. The lowest BCUT2D eigenvalue weighted by Gasteiger charge is -2.10. The van der Waals surface area contributed by atoms with Gasteiger partial charge in [-0.05, 0) is 30.4 Å². The van der Waals surface area contributed by atoms with Crippen LogP contribution in [-0.4, -0.2) is 42.9 Å². The number of hydrogen-bond donors (Lipinski definition) is 1. The first kappa shape index (κ1) is 18.4. The normalized spacial score (nSPS) is 10.3. The van der Waals surface area contributed by atoms with Gasteiger partial charge in [0.05, 0.1) is 25.4 Å². The van der Waals surface area contributed by atoms with Gasteiger partial charge in [0.15, 0.2) is 22.3 Å². The standard InChI is InChI=1S/C16H18ClN3O3S/c1-22-12-5-4-10(8-13(12)23-2)6-7-18-15(21)14-11(17)9-19-16(20-14)24-3/h4-5,8-9H,6-7H2,1-3H3,(H,18,21). The van der Waals surface area contributed by atoms with E-state index in [0.29, 0.717) is 29.6 Å². The fourth-order valence-electron chi connectivity index (χ4n) is 2.05. The molecule has 1 N–H and O–H groups in total. The summed E-state index contributed by atoms with van der Waals surface area (Å²) in [5.74, 6) is 1.01. The molecule has 0 spiro atoms. The van der Waals surface area contributed by atoms with Crippen molar-refractivity contribution in [2.75, 3.05) is 27.0 Å². The first-order chi connectivity index (χ1) is 11.6. The van der Waals surface area contributed by atoms with Crippen LogP contribution in [0.25, 0.3) is 0 Å². The van der Waals surface area contributed by atoms with Crippen LogP contribution in [-0.2, 0) is 6.42 Å². The summed E-state index contributed by atoms with van der Waals surface area (Å²) in [6.07, 6.45) is 3.91. The lowest BCUT2D eigenvalue weighted by molar-refractivity contribution is 0.0948. The van der Waals surface area contributed by atoms with Gasteiger partial charge >= 0.3 is 0 Å². The van der Waals surface area contributed by atoms with Gasteiger partial charge in [0, 0.05) is 6.54 Å². The Morgan fingerprint density at radius 1 is 1.29 bits per heavy atom. The van der Waals surface area contributed by atoms with Gasteiger partial charge in [0.1, 0.15) is 0 Å². The molecule has 2 aromatic rings. The van der Waals surface area contributed by atoms with Crippen molar-refractivity contribution in [1.82, 2.24) is 15.3 Å². The van der Waals surface area contributed by atoms with E-state index >= 15 is 0 Å². The van der Waals surface area contributed by atoms with E-state index in [2.05, 4.69) is 15.3 Å². The summed E-state index contributed by atoms with van der Waals surface area (Å²) in [5.41, 5.74) is 1.20. The Balaban J connectivity index is 1.98. The summed E-state index contributed by atoms with van der Waals surface area (Å²) < 4.78 is 10.5. The van der Waals surface area contributed by atoms with Gasteiger partial charge in [-0.15, -0.1) is 0 Å². The predicted octanol–water partition coefficient (Wildman–Crippen LogP) is 2.84. The van der Waals surface area contributed by atoms with E-state index in [1.165, 1.54) is 18.0 Å². The average molecular weight is 368 g/mol. The van der Waals surface area contributed by atoms with Crippen molar-refractivity contribution < 1.29 is 14.3 Å². The highest BCUT2D eigenvalue weighted by Gasteiger charge is 2.13. The zero-order valence-electron chi connectivity index (χ0n) is 13.6. The molecule has 0 saturated heterocycles. The largest absolute Gasteiger partial charge is 0.493 e. The maximum atomic E-state index is 12.2. The molecule has 0 fully saturated rings. The van der Waals surface area contributed by atoms with Crippen LogP contribution < -0.4 is 14.8 Å². The van der Waals surface area contributed by atoms with Crippen molar-refractivity contribution in [3.63, 3.8) is 0 Å². The Bertz CT molecular complexity index is 728. The SMILES string of the molecule is COc1ccc(CCNC(=O)c2nc(SC)ncc2Cl)cc1OC. The topological polar surface area (TPSA) is 73.3 Å². The molecule has 128 valence electrons. The minimum absolute atomic E-state index is 0.184. The molecule has 8 heteroatoms. The summed E-state index contributed by atoms with van der Waals surface area (Å²) in [4.78, 5) is 20.4. The number of thioether (sulfide) groups is 1. The molecule has 0 aliphatic rings. The molecule has 0 atom stereocenters. The minimum atomic E-state index is -0.321. The molecule has 1 aromatic heterocycles. The highest BCUT2D eigenvalue weighted by molar-refractivity contribution is 7.98. The Hall–Kier alpha value is -1.99. The van der Waals surface area contributed by atoms with Crippen molar-refractivity contribution in [2.24, 2.45) is 0 Å². The van der Waals surface area contributed by atoms with Crippen LogP contribution in [0.15, 0.2) is 29.6 Å². The van der Waals surface area contributed by atoms with Gasteiger partial charge in [-0.1, -0.05) is 29.4 Å². The summed E-state index contributed by atoms with van der Waals surface area (Å²) in [6, 6.07) is 5.65. The van der Waals surface area contributed by atoms with Crippen LogP contribution in [0.3, 0.4) is 0 Å². The molecule has 0 bridgehead atoms. The molecule has 0 aliphatic heterocycles. The summed E-state index contributed by atoms with van der Waals surface area (Å²) in [6.45, 7) is 0.448. The van der Waals surface area contributed by atoms with Crippen LogP contribution in [0.2, 0.25) is 5.02 Å². The van der Waals surface area contributed by atoms with Crippen LogP contribution in [0.4, 0.5) is 0 Å². The Labute approximate surface area is 149 Å². The van der Waals surface area contributed by atoms with Crippen LogP contribution in [0.5, 0.6) is 11.5 Å². The molecular formula is C16H18ClN3O3S. The second kappa shape index (κ2) is 8.75. The number of hydrogen-bond acceptors (Lipinski definition) is 6. The number of methoxy groups -OCH3 is 2. The van der Waals surface area contributed by atoms with Crippen molar-refractivity contribution >= 4 is 29.3 Å². The van der Waals surface area contributed by atoms with Gasteiger partial charge < -0.3 is 14.8 Å². The molecule has 1 aromatic carbocycles. The van der Waals surface area contributed by atoms with Crippen molar-refractivity contribution in [2.45, 2.75) is 11.6 Å². The van der Waals surface area contributed by atoms with Gasteiger partial charge in [0.25, 0.3) is 5.91 Å². The van der Waals surface area contributed by atoms with E-state index in [-0.39, 0.29) is 16.6 Å². The average Bonchev–Trinajstić information content (AvgIpc) is 2.61. The van der Waals surface area contributed by atoms with Gasteiger partial charge in [-0.2, -0.15) is 0 Å². The lowest BCUT2D eigenvalue weighted by Crippen LogP contribution is -2.27. The number of rotatable bonds is 7. The fourth-order valence-corrected chi connectivity index (χ4v) is 2.57. The number of ether oxygens (including phenoxy) is 2. The van der Waals surface area contributed by atoms with Crippen molar-refractivity contribution in [1.29, 1.82) is 0 Å². The van der Waals surface area contributed by atoms with Gasteiger partial charge in [0.2, 0.25) is 0 Å². The zero-order valence-corrected chi connectivity index (χ0v) is 15.2. The maximum Gasteiger partial charge on any atom is 0.271 e. The fraction of sp³-hybridized carbons (Fsp3) is 0.312. The molecule has 1 heterocycles. The summed E-state index contributed by atoms with van der Waals surface area (Å²) in [5, 5.41) is 3.55. The number of aromatic nitrogens is 2. The molecule has 0 unspecified atom stereocenters. The van der Waals surface area contributed by atoms with E-state index in [9.17, 15) is 4.79 Å². The smallest absolute Gasteiger partial charge is 0.271 e. The first-order valence-corrected chi connectivity index (χ1v) is 8.75. The lowest BCUT2D eigenvalue weighted by atomic mass is 10.1. The molecule has 24 heavy (non-hydrogen) atoms. The van der Waals surface area contributed by atoms with E-state index in [0.717, 1.165) is 5.56 Å². The molecule has 0 aliphatic carbocycles. The highest BCUT2D eigenvalue weighted by Crippen LogP contribution is 2.27. The number of benzene rings is 1. The molecule has 0 radical (unpaired) electrons. The van der Waals surface area contributed by atoms with Crippen LogP contribution in [0, 0.1) is 0 Å². The Kier molecular flexibility index (Phi) is 6.69. The molecular weight excluding hydrogens is 350 g/mol. The monoisotopic (exact) mass is 367 g/mol.